The largest absolute Gasteiger partial charge is 0.321 e. The molecule has 0 unspecified atom stereocenters. The topological polar surface area (TPSA) is 87.3 Å². The second-order valence-corrected chi connectivity index (χ2v) is 6.53. The highest BCUT2D eigenvalue weighted by molar-refractivity contribution is 6.09. The lowest BCUT2D eigenvalue weighted by atomic mass is 10.1. The Balaban J connectivity index is 1.63. The molecule has 0 bridgehead atoms. The van der Waals surface area contributed by atoms with Crippen molar-refractivity contribution in [1.29, 1.82) is 0 Å². The van der Waals surface area contributed by atoms with Gasteiger partial charge in [-0.25, -0.2) is 0 Å². The number of benzene rings is 3. The molecule has 0 aliphatic heterocycles. The van der Waals surface area contributed by atoms with Crippen molar-refractivity contribution < 1.29 is 14.4 Å². The van der Waals surface area contributed by atoms with Gasteiger partial charge >= 0.3 is 0 Å². The van der Waals surface area contributed by atoms with E-state index < -0.39 is 5.91 Å². The zero-order valence-electron chi connectivity index (χ0n) is 15.9. The number of nitrogens with one attached hydrogen (secondary N) is 3. The van der Waals surface area contributed by atoms with E-state index in [2.05, 4.69) is 16.2 Å². The van der Waals surface area contributed by atoms with E-state index in [1.165, 1.54) is 0 Å². The summed E-state index contributed by atoms with van der Waals surface area (Å²) in [5.74, 6) is -1.18. The Bertz CT molecular complexity index is 1020. The van der Waals surface area contributed by atoms with E-state index in [4.69, 9.17) is 0 Å². The quantitative estimate of drug-likeness (QED) is 0.587. The third-order valence-electron chi connectivity index (χ3n) is 4.26. The average molecular weight is 387 g/mol. The molecule has 6 heteroatoms. The SMILES string of the molecule is Cc1ccc(C(=O)Nc2ccccc2C(=O)NNC(=O)Cc2ccccc2)cc1. The van der Waals surface area contributed by atoms with Crippen molar-refractivity contribution in [2.24, 2.45) is 0 Å². The molecule has 3 aromatic carbocycles. The Labute approximate surface area is 168 Å². The molecule has 3 aromatic rings. The molecule has 0 aromatic heterocycles. The maximum Gasteiger partial charge on any atom is 0.271 e. The third-order valence-corrected chi connectivity index (χ3v) is 4.26. The average Bonchev–Trinajstić information content (AvgIpc) is 2.73. The van der Waals surface area contributed by atoms with Crippen molar-refractivity contribution in [3.8, 4) is 0 Å². The van der Waals surface area contributed by atoms with Crippen LogP contribution < -0.4 is 16.2 Å². The van der Waals surface area contributed by atoms with Crippen LogP contribution in [-0.4, -0.2) is 17.7 Å². The number of hydrogen-bond acceptors (Lipinski definition) is 3. The Morgan fingerprint density at radius 1 is 0.724 bits per heavy atom. The van der Waals surface area contributed by atoms with Gasteiger partial charge in [0.2, 0.25) is 5.91 Å². The highest BCUT2D eigenvalue weighted by Gasteiger charge is 2.15. The minimum atomic E-state index is -0.522. The maximum absolute atomic E-state index is 12.5. The van der Waals surface area contributed by atoms with Crippen LogP contribution in [0.3, 0.4) is 0 Å². The van der Waals surface area contributed by atoms with Crippen LogP contribution in [0.5, 0.6) is 0 Å². The third kappa shape index (κ3) is 5.52. The first-order valence-corrected chi connectivity index (χ1v) is 9.13. The van der Waals surface area contributed by atoms with Gasteiger partial charge in [-0.3, -0.25) is 25.2 Å². The fraction of sp³-hybridized carbons (Fsp3) is 0.0870. The number of aryl methyl sites for hydroxylation is 1. The molecule has 0 fully saturated rings. The van der Waals surface area contributed by atoms with Crippen LogP contribution in [0.1, 0.15) is 31.8 Å². The van der Waals surface area contributed by atoms with Gasteiger partial charge in [0.05, 0.1) is 17.7 Å². The van der Waals surface area contributed by atoms with Crippen molar-refractivity contribution in [2.75, 3.05) is 5.32 Å². The lowest BCUT2D eigenvalue weighted by Gasteiger charge is -2.12. The van der Waals surface area contributed by atoms with Crippen LogP contribution in [0.25, 0.3) is 0 Å². The van der Waals surface area contributed by atoms with Gasteiger partial charge in [0.1, 0.15) is 0 Å². The van der Waals surface area contributed by atoms with E-state index in [9.17, 15) is 14.4 Å². The first kappa shape index (κ1) is 19.8. The van der Waals surface area contributed by atoms with Gasteiger partial charge in [0, 0.05) is 5.56 Å². The Hall–Kier alpha value is -3.93. The Morgan fingerprint density at radius 2 is 1.38 bits per heavy atom. The van der Waals surface area contributed by atoms with Crippen LogP contribution in [0.2, 0.25) is 0 Å². The molecule has 0 aliphatic rings. The van der Waals surface area contributed by atoms with Crippen molar-refractivity contribution in [3.63, 3.8) is 0 Å². The molecule has 0 saturated carbocycles. The fourth-order valence-corrected chi connectivity index (χ4v) is 2.71. The van der Waals surface area contributed by atoms with Crippen LogP contribution in [-0.2, 0) is 11.2 Å². The first-order valence-electron chi connectivity index (χ1n) is 9.13. The van der Waals surface area contributed by atoms with Gasteiger partial charge in [-0.15, -0.1) is 0 Å². The zero-order chi connectivity index (χ0) is 20.6. The Kier molecular flexibility index (Phi) is 6.37. The van der Waals surface area contributed by atoms with Gasteiger partial charge < -0.3 is 5.32 Å². The second kappa shape index (κ2) is 9.32. The second-order valence-electron chi connectivity index (χ2n) is 6.53. The summed E-state index contributed by atoms with van der Waals surface area (Å²) in [6.07, 6.45) is 0.146. The molecular weight excluding hydrogens is 366 g/mol. The normalized spacial score (nSPS) is 10.1. The van der Waals surface area contributed by atoms with Gasteiger partial charge in [-0.2, -0.15) is 0 Å². The lowest BCUT2D eigenvalue weighted by molar-refractivity contribution is -0.121. The van der Waals surface area contributed by atoms with Gasteiger partial charge in [-0.05, 0) is 36.8 Å². The van der Waals surface area contributed by atoms with Gasteiger partial charge in [0.15, 0.2) is 0 Å². The van der Waals surface area contributed by atoms with E-state index in [1.54, 1.807) is 36.4 Å². The van der Waals surface area contributed by atoms with E-state index in [0.29, 0.717) is 11.3 Å². The number of hydrogen-bond donors (Lipinski definition) is 3. The molecule has 146 valence electrons. The Morgan fingerprint density at radius 3 is 2.10 bits per heavy atom. The van der Waals surface area contributed by atoms with Crippen molar-refractivity contribution >= 4 is 23.4 Å². The minimum absolute atomic E-state index is 0.146. The number of amides is 3. The summed E-state index contributed by atoms with van der Waals surface area (Å²) in [6.45, 7) is 1.94. The summed E-state index contributed by atoms with van der Waals surface area (Å²) in [4.78, 5) is 37.0. The number of carbonyl (C=O) groups excluding carboxylic acids is 3. The van der Waals surface area contributed by atoms with E-state index >= 15 is 0 Å². The molecule has 0 spiro atoms. The molecule has 0 atom stereocenters. The zero-order valence-corrected chi connectivity index (χ0v) is 15.9. The summed E-state index contributed by atoms with van der Waals surface area (Å²) in [5.41, 5.74) is 7.76. The smallest absolute Gasteiger partial charge is 0.271 e. The molecule has 3 N–H and O–H groups in total. The molecule has 0 aliphatic carbocycles. The summed E-state index contributed by atoms with van der Waals surface area (Å²) < 4.78 is 0. The first-order chi connectivity index (χ1) is 14.0. The van der Waals surface area contributed by atoms with E-state index in [0.717, 1.165) is 11.1 Å². The van der Waals surface area contributed by atoms with E-state index in [-0.39, 0.29) is 23.8 Å². The number of rotatable bonds is 5. The maximum atomic E-state index is 12.5. The molecule has 3 amide bonds. The summed E-state index contributed by atoms with van der Waals surface area (Å²) >= 11 is 0. The predicted octanol–water partition coefficient (Wildman–Crippen LogP) is 3.25. The number of para-hydroxylation sites is 1. The van der Waals surface area contributed by atoms with Crippen LogP contribution in [0.15, 0.2) is 78.9 Å². The predicted molar refractivity (Wildman–Crippen MR) is 111 cm³/mol. The minimum Gasteiger partial charge on any atom is -0.321 e. The summed E-state index contributed by atoms with van der Waals surface area (Å²) in [7, 11) is 0. The summed E-state index contributed by atoms with van der Waals surface area (Å²) in [6, 6.07) is 22.9. The molecule has 0 heterocycles. The molecule has 6 nitrogen and oxygen atoms in total. The monoisotopic (exact) mass is 387 g/mol. The van der Waals surface area contributed by atoms with Crippen molar-refractivity contribution in [1.82, 2.24) is 10.9 Å². The van der Waals surface area contributed by atoms with Crippen LogP contribution in [0, 0.1) is 6.92 Å². The molecular formula is C23H21N3O3. The van der Waals surface area contributed by atoms with Gasteiger partial charge in [0.25, 0.3) is 11.8 Å². The van der Waals surface area contributed by atoms with E-state index in [1.807, 2.05) is 49.4 Å². The molecule has 0 radical (unpaired) electrons. The highest BCUT2D eigenvalue weighted by Crippen LogP contribution is 2.16. The van der Waals surface area contributed by atoms with Crippen LogP contribution in [0.4, 0.5) is 5.69 Å². The van der Waals surface area contributed by atoms with Crippen molar-refractivity contribution in [3.05, 3.63) is 101 Å². The lowest BCUT2D eigenvalue weighted by Crippen LogP contribution is -2.42. The molecule has 29 heavy (non-hydrogen) atoms. The molecule has 3 rings (SSSR count). The van der Waals surface area contributed by atoms with Crippen LogP contribution >= 0.6 is 0 Å². The number of hydrazine groups is 1. The molecule has 0 saturated heterocycles. The standard InChI is InChI=1S/C23H21N3O3/c1-16-11-13-18(14-12-16)22(28)24-20-10-6-5-9-19(20)23(29)26-25-21(27)15-17-7-3-2-4-8-17/h2-14H,15H2,1H3,(H,24,28)(H,25,27)(H,26,29). The number of anilines is 1. The fourth-order valence-electron chi connectivity index (χ4n) is 2.71. The van der Waals surface area contributed by atoms with Gasteiger partial charge in [-0.1, -0.05) is 60.2 Å². The summed E-state index contributed by atoms with van der Waals surface area (Å²) in [5, 5.41) is 2.74. The number of carbonyl (C=O) groups is 3. The van der Waals surface area contributed by atoms with Crippen molar-refractivity contribution in [2.45, 2.75) is 13.3 Å². The highest BCUT2D eigenvalue weighted by atomic mass is 16.2.